The van der Waals surface area contributed by atoms with Crippen molar-refractivity contribution in [1.82, 2.24) is 5.16 Å². The van der Waals surface area contributed by atoms with Crippen molar-refractivity contribution in [2.45, 2.75) is 12.5 Å². The van der Waals surface area contributed by atoms with Gasteiger partial charge in [-0.2, -0.15) is 0 Å². The first-order chi connectivity index (χ1) is 5.84. The van der Waals surface area contributed by atoms with Gasteiger partial charge in [0, 0.05) is 17.5 Å². The van der Waals surface area contributed by atoms with Crippen LogP contribution >= 0.6 is 0 Å². The number of rotatable bonds is 4. The summed E-state index contributed by atoms with van der Waals surface area (Å²) in [6, 6.07) is 1.57. The van der Waals surface area contributed by atoms with Gasteiger partial charge in [-0.05, 0) is 12.0 Å². The maximum absolute atomic E-state index is 9.33. The lowest BCUT2D eigenvalue weighted by Gasteiger charge is -2.02. The molecule has 0 saturated carbocycles. The van der Waals surface area contributed by atoms with Crippen molar-refractivity contribution >= 4 is 0 Å². The monoisotopic (exact) mass is 168 g/mol. The van der Waals surface area contributed by atoms with Gasteiger partial charge >= 0.3 is 0 Å². The molecule has 0 radical (unpaired) electrons. The average molecular weight is 168 g/mol. The van der Waals surface area contributed by atoms with Crippen LogP contribution in [-0.4, -0.2) is 16.8 Å². The molecule has 1 heterocycles. The summed E-state index contributed by atoms with van der Waals surface area (Å²) in [4.78, 5) is 2.56. The molecule has 6 nitrogen and oxygen atoms in total. The topological polar surface area (TPSA) is 95.0 Å². The zero-order valence-electron chi connectivity index (χ0n) is 6.29. The fourth-order valence-corrected chi connectivity index (χ4v) is 0.766. The SMILES string of the molecule is [N-]=[N+]=NCC[C@@H](O)c1ccon1. The lowest BCUT2D eigenvalue weighted by atomic mass is 10.2. The summed E-state index contributed by atoms with van der Waals surface area (Å²) in [6.07, 6.45) is 1.03. The third-order valence-electron chi connectivity index (χ3n) is 1.36. The minimum atomic E-state index is -0.714. The molecular formula is C6H8N4O2. The number of aliphatic hydroxyl groups excluding tert-OH is 1. The molecule has 0 aliphatic rings. The summed E-state index contributed by atoms with van der Waals surface area (Å²) in [5.41, 5.74) is 8.41. The smallest absolute Gasteiger partial charge is 0.124 e. The molecule has 1 N–H and O–H groups in total. The molecule has 0 amide bonds. The molecule has 6 heteroatoms. The lowest BCUT2D eigenvalue weighted by Crippen LogP contribution is -1.98. The maximum atomic E-state index is 9.33. The van der Waals surface area contributed by atoms with Gasteiger partial charge in [0.2, 0.25) is 0 Å². The molecule has 0 aromatic carbocycles. The highest BCUT2D eigenvalue weighted by atomic mass is 16.5. The summed E-state index contributed by atoms with van der Waals surface area (Å²) in [7, 11) is 0. The molecule has 0 unspecified atom stereocenters. The first kappa shape index (κ1) is 8.58. The Morgan fingerprint density at radius 1 is 1.83 bits per heavy atom. The standard InChI is InChI=1S/C6H8N4O2/c7-10-8-3-1-6(11)5-2-4-12-9-5/h2,4,6,11H,1,3H2/t6-/m1/s1. The first-order valence-electron chi connectivity index (χ1n) is 3.44. The Bertz CT molecular complexity index is 265. The molecule has 0 bridgehead atoms. The van der Waals surface area contributed by atoms with E-state index >= 15 is 0 Å². The predicted octanol–water partition coefficient (Wildman–Crippen LogP) is 1.41. The Labute approximate surface area is 68.4 Å². The van der Waals surface area contributed by atoms with Gasteiger partial charge in [0.25, 0.3) is 0 Å². The van der Waals surface area contributed by atoms with Crippen LogP contribution in [0.25, 0.3) is 10.4 Å². The van der Waals surface area contributed by atoms with Crippen LogP contribution in [0.4, 0.5) is 0 Å². The van der Waals surface area contributed by atoms with E-state index in [1.165, 1.54) is 6.26 Å². The molecule has 64 valence electrons. The maximum Gasteiger partial charge on any atom is 0.124 e. The first-order valence-corrected chi connectivity index (χ1v) is 3.44. The molecule has 12 heavy (non-hydrogen) atoms. The van der Waals surface area contributed by atoms with E-state index in [1.807, 2.05) is 0 Å². The number of azide groups is 1. The molecule has 1 aromatic heterocycles. The Morgan fingerprint density at radius 2 is 2.67 bits per heavy atom. The van der Waals surface area contributed by atoms with Crippen molar-refractivity contribution in [3.05, 3.63) is 28.5 Å². The van der Waals surface area contributed by atoms with E-state index in [0.29, 0.717) is 12.1 Å². The molecule has 1 rings (SSSR count). The van der Waals surface area contributed by atoms with Crippen molar-refractivity contribution in [3.8, 4) is 0 Å². The molecule has 1 aromatic rings. The van der Waals surface area contributed by atoms with Crippen LogP contribution in [0.2, 0.25) is 0 Å². The van der Waals surface area contributed by atoms with Crippen LogP contribution < -0.4 is 0 Å². The molecule has 0 saturated heterocycles. The summed E-state index contributed by atoms with van der Waals surface area (Å²) in [5.74, 6) is 0. The number of nitrogens with zero attached hydrogens (tertiary/aromatic N) is 4. The van der Waals surface area contributed by atoms with Gasteiger partial charge < -0.3 is 9.63 Å². The Kier molecular flexibility index (Phi) is 3.13. The van der Waals surface area contributed by atoms with E-state index in [0.717, 1.165) is 0 Å². The van der Waals surface area contributed by atoms with E-state index in [-0.39, 0.29) is 6.54 Å². The van der Waals surface area contributed by atoms with Gasteiger partial charge in [-0.25, -0.2) is 0 Å². The van der Waals surface area contributed by atoms with E-state index in [9.17, 15) is 5.11 Å². The van der Waals surface area contributed by atoms with Crippen LogP contribution in [0.15, 0.2) is 22.0 Å². The van der Waals surface area contributed by atoms with Crippen molar-refractivity contribution in [2.24, 2.45) is 5.11 Å². The van der Waals surface area contributed by atoms with E-state index in [1.54, 1.807) is 6.07 Å². The fraction of sp³-hybridized carbons (Fsp3) is 0.500. The van der Waals surface area contributed by atoms with Crippen LogP contribution in [0, 0.1) is 0 Å². The van der Waals surface area contributed by atoms with Crippen LogP contribution in [0.3, 0.4) is 0 Å². The second kappa shape index (κ2) is 4.38. The summed E-state index contributed by atoms with van der Waals surface area (Å²) < 4.78 is 4.53. The summed E-state index contributed by atoms with van der Waals surface area (Å²) in [6.45, 7) is 0.254. The second-order valence-electron chi connectivity index (χ2n) is 2.18. The van der Waals surface area contributed by atoms with Crippen LogP contribution in [0.1, 0.15) is 18.2 Å². The van der Waals surface area contributed by atoms with Crippen molar-refractivity contribution in [1.29, 1.82) is 0 Å². The van der Waals surface area contributed by atoms with Gasteiger partial charge in [0.1, 0.15) is 12.0 Å². The third-order valence-corrected chi connectivity index (χ3v) is 1.36. The Hall–Kier alpha value is -1.52. The normalized spacial score (nSPS) is 12.1. The molecule has 0 aliphatic heterocycles. The molecule has 0 spiro atoms. The van der Waals surface area contributed by atoms with Crippen molar-refractivity contribution in [3.63, 3.8) is 0 Å². The van der Waals surface area contributed by atoms with Crippen LogP contribution in [0.5, 0.6) is 0 Å². The van der Waals surface area contributed by atoms with E-state index in [4.69, 9.17) is 5.53 Å². The van der Waals surface area contributed by atoms with Gasteiger partial charge in [0.15, 0.2) is 0 Å². The summed E-state index contributed by atoms with van der Waals surface area (Å²) >= 11 is 0. The van der Waals surface area contributed by atoms with Gasteiger partial charge in [-0.15, -0.1) is 0 Å². The van der Waals surface area contributed by atoms with Crippen LogP contribution in [-0.2, 0) is 0 Å². The minimum Gasteiger partial charge on any atom is -0.387 e. The van der Waals surface area contributed by atoms with Crippen molar-refractivity contribution < 1.29 is 9.63 Å². The largest absolute Gasteiger partial charge is 0.387 e. The third kappa shape index (κ3) is 2.26. The van der Waals surface area contributed by atoms with E-state index in [2.05, 4.69) is 19.7 Å². The number of aliphatic hydroxyl groups is 1. The molecule has 0 fully saturated rings. The molecule has 1 atom stereocenters. The quantitative estimate of drug-likeness (QED) is 0.418. The number of hydrogen-bond donors (Lipinski definition) is 1. The van der Waals surface area contributed by atoms with Gasteiger partial charge in [0.05, 0.1) is 6.10 Å². The second-order valence-corrected chi connectivity index (χ2v) is 2.18. The molecule has 0 aliphatic carbocycles. The fourth-order valence-electron chi connectivity index (χ4n) is 0.766. The number of aromatic nitrogens is 1. The number of hydrogen-bond acceptors (Lipinski definition) is 4. The lowest BCUT2D eigenvalue weighted by molar-refractivity contribution is 0.160. The highest BCUT2D eigenvalue weighted by molar-refractivity contribution is 4.99. The Morgan fingerprint density at radius 3 is 3.25 bits per heavy atom. The van der Waals surface area contributed by atoms with Crippen molar-refractivity contribution in [2.75, 3.05) is 6.54 Å². The highest BCUT2D eigenvalue weighted by Crippen LogP contribution is 2.13. The predicted molar refractivity (Wildman–Crippen MR) is 40.1 cm³/mol. The highest BCUT2D eigenvalue weighted by Gasteiger charge is 2.08. The molecular weight excluding hydrogens is 160 g/mol. The zero-order chi connectivity index (χ0) is 8.81. The summed E-state index contributed by atoms with van der Waals surface area (Å²) in [5, 5.41) is 16.1. The average Bonchev–Trinajstić information content (AvgIpc) is 2.56. The van der Waals surface area contributed by atoms with Gasteiger partial charge in [-0.3, -0.25) is 0 Å². The zero-order valence-corrected chi connectivity index (χ0v) is 6.29. The van der Waals surface area contributed by atoms with E-state index < -0.39 is 6.10 Å². The minimum absolute atomic E-state index is 0.254. The van der Waals surface area contributed by atoms with Gasteiger partial charge in [-0.1, -0.05) is 10.3 Å². The Balaban J connectivity index is 2.39.